The summed E-state index contributed by atoms with van der Waals surface area (Å²) in [7, 11) is 0. The Morgan fingerprint density at radius 2 is 2.06 bits per heavy atom. The molecule has 0 nitrogen and oxygen atoms in total. The van der Waals surface area contributed by atoms with E-state index in [-0.39, 0.29) is 0 Å². The van der Waals surface area contributed by atoms with E-state index < -0.39 is 0 Å². The third-order valence-electron chi connectivity index (χ3n) is 3.66. The second kappa shape index (κ2) is 6.81. The van der Waals surface area contributed by atoms with E-state index in [1.54, 1.807) is 0 Å². The van der Waals surface area contributed by atoms with Crippen LogP contribution in [0, 0.1) is 11.8 Å². The summed E-state index contributed by atoms with van der Waals surface area (Å²) in [4.78, 5) is 0. The van der Waals surface area contributed by atoms with Gasteiger partial charge in [0.15, 0.2) is 0 Å². The zero-order valence-electron chi connectivity index (χ0n) is 10.8. The van der Waals surface area contributed by atoms with E-state index in [2.05, 4.69) is 48.8 Å². The van der Waals surface area contributed by atoms with Crippen LogP contribution in [-0.4, -0.2) is 27.1 Å². The van der Waals surface area contributed by atoms with Crippen LogP contribution in [0.15, 0.2) is 12.7 Å². The van der Waals surface area contributed by atoms with Gasteiger partial charge in [-0.2, -0.15) is 11.8 Å². The van der Waals surface area contributed by atoms with E-state index in [1.165, 1.54) is 42.9 Å². The normalized spacial score (nSPS) is 36.8. The second-order valence-corrected chi connectivity index (χ2v) is 9.79. The molecule has 3 heteroatoms. The van der Waals surface area contributed by atoms with Crippen LogP contribution in [0.25, 0.3) is 0 Å². The van der Waals surface area contributed by atoms with Crippen molar-refractivity contribution in [1.29, 1.82) is 0 Å². The fraction of sp³-hybridized carbons (Fsp3) is 0.857. The summed E-state index contributed by atoms with van der Waals surface area (Å²) in [6.45, 7) is 6.20. The molecule has 0 aromatic heterocycles. The van der Waals surface area contributed by atoms with E-state index in [0.29, 0.717) is 4.08 Å². The summed E-state index contributed by atoms with van der Waals surface area (Å²) in [5.41, 5.74) is 0. The molecule has 3 unspecified atom stereocenters. The molecule has 3 atom stereocenters. The lowest BCUT2D eigenvalue weighted by Gasteiger charge is -2.29. The SMILES string of the molecule is C=CCSCC1CCCC(CSC2(C)CS2)C1. The Balaban J connectivity index is 1.63. The highest BCUT2D eigenvalue weighted by molar-refractivity contribution is 8.24. The van der Waals surface area contributed by atoms with E-state index in [0.717, 1.165) is 17.6 Å². The van der Waals surface area contributed by atoms with Crippen molar-refractivity contribution in [3.8, 4) is 0 Å². The van der Waals surface area contributed by atoms with Crippen molar-refractivity contribution >= 4 is 35.3 Å². The lowest BCUT2D eigenvalue weighted by atomic mass is 9.83. The molecule has 0 aromatic carbocycles. The van der Waals surface area contributed by atoms with Crippen LogP contribution in [0.1, 0.15) is 32.6 Å². The van der Waals surface area contributed by atoms with Gasteiger partial charge in [-0.1, -0.05) is 12.5 Å². The molecule has 0 aromatic rings. The fourth-order valence-corrected chi connectivity index (χ4v) is 5.58. The minimum absolute atomic E-state index is 0.602. The average Bonchev–Trinajstić information content (AvgIpc) is 3.07. The molecular formula is C14H24S3. The first-order chi connectivity index (χ1) is 8.22. The van der Waals surface area contributed by atoms with Crippen molar-refractivity contribution in [2.75, 3.05) is 23.0 Å². The Hall–Kier alpha value is 0.790. The molecule has 2 fully saturated rings. The van der Waals surface area contributed by atoms with E-state index >= 15 is 0 Å². The standard InChI is InChI=1S/C14H24S3/c1-3-7-15-9-12-5-4-6-13(8-12)10-16-14(2)11-17-14/h3,12-13H,1,4-11H2,2H3. The highest BCUT2D eigenvalue weighted by Gasteiger charge is 2.39. The van der Waals surface area contributed by atoms with Gasteiger partial charge in [0.1, 0.15) is 0 Å². The first-order valence-corrected chi connectivity index (χ1v) is 9.81. The zero-order chi connectivity index (χ0) is 12.1. The summed E-state index contributed by atoms with van der Waals surface area (Å²) in [6, 6.07) is 0. The zero-order valence-corrected chi connectivity index (χ0v) is 13.3. The van der Waals surface area contributed by atoms with Crippen molar-refractivity contribution in [3.05, 3.63) is 12.7 Å². The van der Waals surface area contributed by atoms with Gasteiger partial charge in [0.05, 0.1) is 4.08 Å². The van der Waals surface area contributed by atoms with Crippen LogP contribution in [0.5, 0.6) is 0 Å². The minimum Gasteiger partial charge on any atom is -0.158 e. The highest BCUT2D eigenvalue weighted by atomic mass is 32.2. The summed E-state index contributed by atoms with van der Waals surface area (Å²) in [6.07, 6.45) is 7.94. The number of hydrogen-bond donors (Lipinski definition) is 0. The maximum absolute atomic E-state index is 3.80. The summed E-state index contributed by atoms with van der Waals surface area (Å²) < 4.78 is 0.602. The molecule has 1 saturated carbocycles. The molecule has 0 spiro atoms. The summed E-state index contributed by atoms with van der Waals surface area (Å²) in [5.74, 6) is 7.26. The van der Waals surface area contributed by atoms with Crippen molar-refractivity contribution in [1.82, 2.24) is 0 Å². The predicted octanol–water partition coefficient (Wildman–Crippen LogP) is 4.91. The number of hydrogen-bond acceptors (Lipinski definition) is 3. The largest absolute Gasteiger partial charge is 0.158 e. The Morgan fingerprint density at radius 3 is 2.71 bits per heavy atom. The van der Waals surface area contributed by atoms with E-state index in [4.69, 9.17) is 0 Å². The first kappa shape index (κ1) is 14.2. The summed E-state index contributed by atoms with van der Waals surface area (Å²) in [5, 5.41) is 0. The van der Waals surface area contributed by atoms with Gasteiger partial charge in [-0.15, -0.1) is 30.1 Å². The topological polar surface area (TPSA) is 0 Å². The van der Waals surface area contributed by atoms with Gasteiger partial charge in [0.25, 0.3) is 0 Å². The van der Waals surface area contributed by atoms with Gasteiger partial charge in [-0.3, -0.25) is 0 Å². The molecule has 17 heavy (non-hydrogen) atoms. The Bertz CT molecular complexity index is 248. The molecule has 0 radical (unpaired) electrons. The molecule has 0 bridgehead atoms. The van der Waals surface area contributed by atoms with Gasteiger partial charge < -0.3 is 0 Å². The molecule has 98 valence electrons. The van der Waals surface area contributed by atoms with Gasteiger partial charge >= 0.3 is 0 Å². The fourth-order valence-electron chi connectivity index (χ4n) is 2.50. The van der Waals surface area contributed by atoms with Crippen LogP contribution in [0.4, 0.5) is 0 Å². The third-order valence-corrected chi connectivity index (χ3v) is 8.25. The molecule has 0 amide bonds. The number of thioether (sulfide) groups is 3. The molecule has 1 aliphatic heterocycles. The third kappa shape index (κ3) is 5.12. The van der Waals surface area contributed by atoms with Gasteiger partial charge in [0.2, 0.25) is 0 Å². The Kier molecular flexibility index (Phi) is 5.69. The first-order valence-electron chi connectivity index (χ1n) is 6.68. The lowest BCUT2D eigenvalue weighted by Crippen LogP contribution is -2.20. The van der Waals surface area contributed by atoms with Crippen LogP contribution < -0.4 is 0 Å². The van der Waals surface area contributed by atoms with Crippen molar-refractivity contribution in [2.45, 2.75) is 36.7 Å². The molecule has 2 aliphatic rings. The average molecular weight is 289 g/mol. The van der Waals surface area contributed by atoms with Gasteiger partial charge in [-0.05, 0) is 49.5 Å². The highest BCUT2D eigenvalue weighted by Crippen LogP contribution is 2.54. The number of rotatable bonds is 7. The minimum atomic E-state index is 0.602. The molecule has 0 N–H and O–H groups in total. The monoisotopic (exact) mass is 288 g/mol. The van der Waals surface area contributed by atoms with Crippen molar-refractivity contribution < 1.29 is 0 Å². The van der Waals surface area contributed by atoms with Crippen LogP contribution in [-0.2, 0) is 0 Å². The van der Waals surface area contributed by atoms with Gasteiger partial charge in [0, 0.05) is 11.5 Å². The van der Waals surface area contributed by atoms with Crippen LogP contribution >= 0.6 is 35.3 Å². The van der Waals surface area contributed by atoms with Gasteiger partial charge in [-0.25, -0.2) is 0 Å². The maximum Gasteiger partial charge on any atom is 0.0674 e. The van der Waals surface area contributed by atoms with Crippen molar-refractivity contribution in [3.63, 3.8) is 0 Å². The second-order valence-electron chi connectivity index (χ2n) is 5.46. The predicted molar refractivity (Wildman–Crippen MR) is 86.3 cm³/mol. The van der Waals surface area contributed by atoms with Crippen molar-refractivity contribution in [2.24, 2.45) is 11.8 Å². The van der Waals surface area contributed by atoms with E-state index in [1.807, 2.05) is 6.08 Å². The molecule has 1 saturated heterocycles. The quantitative estimate of drug-likeness (QED) is 0.371. The van der Waals surface area contributed by atoms with Crippen LogP contribution in [0.3, 0.4) is 0 Å². The Labute approximate surface area is 119 Å². The smallest absolute Gasteiger partial charge is 0.0674 e. The maximum atomic E-state index is 3.80. The molecule has 1 aliphatic carbocycles. The molecular weight excluding hydrogens is 264 g/mol. The van der Waals surface area contributed by atoms with E-state index in [9.17, 15) is 0 Å². The molecule has 1 heterocycles. The lowest BCUT2D eigenvalue weighted by molar-refractivity contribution is 0.309. The van der Waals surface area contributed by atoms with Crippen LogP contribution in [0.2, 0.25) is 0 Å². The molecule has 2 rings (SSSR count). The summed E-state index contributed by atoms with van der Waals surface area (Å²) >= 11 is 6.41. The Morgan fingerprint density at radius 1 is 1.35 bits per heavy atom.